The molecule has 0 aliphatic rings. The van der Waals surface area contributed by atoms with Gasteiger partial charge in [-0.2, -0.15) is 0 Å². The first-order valence-electron chi connectivity index (χ1n) is 5.51. The van der Waals surface area contributed by atoms with E-state index in [4.69, 9.17) is 0 Å². The Morgan fingerprint density at radius 2 is 2.06 bits per heavy atom. The van der Waals surface area contributed by atoms with E-state index in [2.05, 4.69) is 33.3 Å². The van der Waals surface area contributed by atoms with Crippen LogP contribution in [0.25, 0.3) is 0 Å². The van der Waals surface area contributed by atoms with E-state index in [1.807, 2.05) is 32.9 Å². The van der Waals surface area contributed by atoms with Gasteiger partial charge in [0, 0.05) is 10.9 Å². The minimum Gasteiger partial charge on any atom is -0.591 e. The topological polar surface area (TPSA) is 35.4 Å². The molecule has 4 heteroatoms. The fraction of sp³-hybridized carbons (Fsp3) is 0.462. The highest BCUT2D eigenvalue weighted by Crippen LogP contribution is 2.20. The summed E-state index contributed by atoms with van der Waals surface area (Å²) in [4.78, 5) is 0. The zero-order chi connectivity index (χ0) is 13.1. The predicted molar refractivity (Wildman–Crippen MR) is 79.0 cm³/mol. The second-order valence-electron chi connectivity index (χ2n) is 4.88. The van der Waals surface area contributed by atoms with Crippen LogP contribution >= 0.6 is 15.9 Å². The summed E-state index contributed by atoms with van der Waals surface area (Å²) in [5, 5.41) is 0. The molecule has 0 N–H and O–H groups in total. The van der Waals surface area contributed by atoms with Gasteiger partial charge in [0.2, 0.25) is 0 Å². The van der Waals surface area contributed by atoms with Gasteiger partial charge in [-0.15, -0.1) is 0 Å². The van der Waals surface area contributed by atoms with E-state index < -0.39 is 11.4 Å². The van der Waals surface area contributed by atoms with Gasteiger partial charge in [-0.25, -0.2) is 0 Å². The number of hydrogen-bond donors (Lipinski definition) is 0. The third-order valence-corrected chi connectivity index (χ3v) is 4.63. The predicted octanol–water partition coefficient (Wildman–Crippen LogP) is 3.83. The molecule has 1 unspecified atom stereocenters. The Morgan fingerprint density at radius 1 is 1.41 bits per heavy atom. The highest BCUT2D eigenvalue weighted by Gasteiger charge is 2.25. The van der Waals surface area contributed by atoms with Crippen LogP contribution in [-0.2, 0) is 17.8 Å². The summed E-state index contributed by atoms with van der Waals surface area (Å²) in [7, 11) is 0. The van der Waals surface area contributed by atoms with Gasteiger partial charge in [0.05, 0.1) is 6.21 Å². The minimum atomic E-state index is -1.17. The van der Waals surface area contributed by atoms with Crippen LogP contribution in [0.5, 0.6) is 0 Å². The van der Waals surface area contributed by atoms with Crippen LogP contribution in [0.2, 0.25) is 0 Å². The average Bonchev–Trinajstić information content (AvgIpc) is 2.22. The monoisotopic (exact) mass is 315 g/mol. The zero-order valence-corrected chi connectivity index (χ0v) is 13.1. The Labute approximate surface area is 115 Å². The lowest BCUT2D eigenvalue weighted by Crippen LogP contribution is -2.25. The molecule has 0 aliphatic heterocycles. The van der Waals surface area contributed by atoms with Crippen LogP contribution in [0.1, 0.15) is 31.9 Å². The Hall–Kier alpha value is -0.320. The molecule has 0 aromatic heterocycles. The van der Waals surface area contributed by atoms with Gasteiger partial charge in [0.1, 0.15) is 16.1 Å². The molecule has 1 atom stereocenters. The van der Waals surface area contributed by atoms with Crippen molar-refractivity contribution in [1.82, 2.24) is 0 Å². The van der Waals surface area contributed by atoms with Crippen LogP contribution < -0.4 is 0 Å². The van der Waals surface area contributed by atoms with Crippen LogP contribution in [0.15, 0.2) is 27.1 Å². The lowest BCUT2D eigenvalue weighted by atomic mass is 10.1. The van der Waals surface area contributed by atoms with Crippen molar-refractivity contribution < 1.29 is 4.55 Å². The van der Waals surface area contributed by atoms with E-state index >= 15 is 0 Å². The Kier molecular flexibility index (Phi) is 5.22. The molecule has 0 fully saturated rings. The van der Waals surface area contributed by atoms with Crippen molar-refractivity contribution in [3.63, 3.8) is 0 Å². The summed E-state index contributed by atoms with van der Waals surface area (Å²) < 4.78 is 16.6. The second-order valence-corrected chi connectivity index (χ2v) is 7.67. The number of hydrogen-bond acceptors (Lipinski definition) is 2. The van der Waals surface area contributed by atoms with Gasteiger partial charge in [-0.05, 0) is 44.9 Å². The molecule has 0 saturated heterocycles. The maximum atomic E-state index is 11.7. The van der Waals surface area contributed by atoms with Gasteiger partial charge in [0.25, 0.3) is 0 Å². The van der Waals surface area contributed by atoms with Gasteiger partial charge < -0.3 is 4.55 Å². The number of benzene rings is 1. The maximum Gasteiger partial charge on any atom is 0.144 e. The van der Waals surface area contributed by atoms with Gasteiger partial charge in [0.15, 0.2) is 0 Å². The van der Waals surface area contributed by atoms with Crippen molar-refractivity contribution >= 4 is 33.5 Å². The van der Waals surface area contributed by atoms with Crippen molar-refractivity contribution in [3.8, 4) is 0 Å². The second kappa shape index (κ2) is 6.03. The lowest BCUT2D eigenvalue weighted by Gasteiger charge is -2.17. The van der Waals surface area contributed by atoms with E-state index in [1.165, 1.54) is 11.1 Å². The first-order valence-corrected chi connectivity index (χ1v) is 7.41. The van der Waals surface area contributed by atoms with Crippen molar-refractivity contribution in [2.75, 3.05) is 0 Å². The van der Waals surface area contributed by atoms with Crippen molar-refractivity contribution in [1.29, 1.82) is 0 Å². The Bertz CT molecular complexity index is 412. The molecular weight excluding hydrogens is 298 g/mol. The molecule has 1 rings (SSSR count). The highest BCUT2D eigenvalue weighted by molar-refractivity contribution is 9.10. The molecular formula is C13H18BrNOS. The number of nitrogens with zero attached hydrogens (tertiary/aromatic N) is 1. The number of halogens is 1. The van der Waals surface area contributed by atoms with Crippen LogP contribution in [0.4, 0.5) is 0 Å². The summed E-state index contributed by atoms with van der Waals surface area (Å²) in [6.45, 7) is 7.83. The van der Waals surface area contributed by atoms with Crippen LogP contribution in [0.3, 0.4) is 0 Å². The molecule has 0 spiro atoms. The minimum absolute atomic E-state index is 0.289. The van der Waals surface area contributed by atoms with E-state index in [-0.39, 0.29) is 4.75 Å². The van der Waals surface area contributed by atoms with E-state index in [0.29, 0.717) is 6.42 Å². The third-order valence-electron chi connectivity index (χ3n) is 2.39. The van der Waals surface area contributed by atoms with Crippen molar-refractivity contribution in [2.45, 2.75) is 38.9 Å². The first kappa shape index (κ1) is 14.7. The standard InChI is InChI=1S/C13H18BrNOS/c1-10-11(6-5-7-12(10)14)8-9-15-17(16)13(2,3)4/h5-7,9H,8H2,1-4H3. The zero-order valence-electron chi connectivity index (χ0n) is 10.7. The fourth-order valence-corrected chi connectivity index (χ4v) is 2.17. The smallest absolute Gasteiger partial charge is 0.144 e. The summed E-state index contributed by atoms with van der Waals surface area (Å²) in [5.41, 5.74) is 2.41. The molecule has 1 aromatic carbocycles. The molecule has 0 saturated carbocycles. The summed E-state index contributed by atoms with van der Waals surface area (Å²) >= 11 is 2.33. The SMILES string of the molecule is Cc1c(Br)cccc1CC=N[S+]([O-])C(C)(C)C. The van der Waals surface area contributed by atoms with E-state index in [0.717, 1.165) is 4.47 Å². The van der Waals surface area contributed by atoms with Gasteiger partial charge in [-0.3, -0.25) is 0 Å². The molecule has 0 heterocycles. The largest absolute Gasteiger partial charge is 0.591 e. The molecule has 0 radical (unpaired) electrons. The lowest BCUT2D eigenvalue weighted by molar-refractivity contribution is 0.561. The van der Waals surface area contributed by atoms with Crippen molar-refractivity contribution in [2.24, 2.45) is 4.40 Å². The maximum absolute atomic E-state index is 11.7. The summed E-state index contributed by atoms with van der Waals surface area (Å²) in [6, 6.07) is 6.08. The first-order chi connectivity index (χ1) is 7.82. The van der Waals surface area contributed by atoms with E-state index in [9.17, 15) is 4.55 Å². The van der Waals surface area contributed by atoms with Gasteiger partial charge >= 0.3 is 0 Å². The molecule has 0 bridgehead atoms. The Morgan fingerprint density at radius 3 is 2.65 bits per heavy atom. The fourth-order valence-electron chi connectivity index (χ4n) is 1.23. The normalized spacial score (nSPS) is 14.2. The quantitative estimate of drug-likeness (QED) is 0.616. The van der Waals surface area contributed by atoms with Crippen molar-refractivity contribution in [3.05, 3.63) is 33.8 Å². The third kappa shape index (κ3) is 4.45. The summed E-state index contributed by atoms with van der Waals surface area (Å²) in [6.07, 6.45) is 2.46. The van der Waals surface area contributed by atoms with Gasteiger partial charge in [-0.1, -0.05) is 32.5 Å². The highest BCUT2D eigenvalue weighted by atomic mass is 79.9. The molecule has 0 aliphatic carbocycles. The Balaban J connectivity index is 2.68. The average molecular weight is 316 g/mol. The molecule has 1 aromatic rings. The van der Waals surface area contributed by atoms with Crippen LogP contribution in [-0.4, -0.2) is 15.5 Å². The molecule has 17 heavy (non-hydrogen) atoms. The molecule has 0 amide bonds. The van der Waals surface area contributed by atoms with Crippen LogP contribution in [0, 0.1) is 6.92 Å². The van der Waals surface area contributed by atoms with E-state index in [1.54, 1.807) is 6.21 Å². The molecule has 2 nitrogen and oxygen atoms in total. The molecule has 94 valence electrons. The number of rotatable bonds is 3. The summed E-state index contributed by atoms with van der Waals surface area (Å²) in [5.74, 6) is 0.